The molecule has 0 aliphatic carbocycles. The summed E-state index contributed by atoms with van der Waals surface area (Å²) in [7, 11) is -15.9. The molecule has 0 spiro atoms. The number of aliphatic hydroxyl groups is 4. The number of anilines is 4. The topological polar surface area (TPSA) is 416 Å². The van der Waals surface area contributed by atoms with Crippen molar-refractivity contribution < 1.29 is 75.9 Å². The highest BCUT2D eigenvalue weighted by Gasteiger charge is 2.52. The number of phosphoric acid groups is 3. The second-order valence-electron chi connectivity index (χ2n) is 11.5. The van der Waals surface area contributed by atoms with E-state index in [4.69, 9.17) is 39.8 Å². The predicted octanol–water partition coefficient (Wildman–Crippen LogP) is -4.29. The Balaban J connectivity index is 1.19. The van der Waals surface area contributed by atoms with E-state index in [-0.39, 0.29) is 41.2 Å². The molecular weight excluding hydrogens is 773 g/mol. The molecule has 28 nitrogen and oxygen atoms in total. The van der Waals surface area contributed by atoms with E-state index >= 15 is 0 Å². The van der Waals surface area contributed by atoms with E-state index in [1.807, 2.05) is 0 Å². The molecule has 3 aliphatic rings. The molecule has 0 saturated carbocycles. The van der Waals surface area contributed by atoms with E-state index in [0.29, 0.717) is 0 Å². The van der Waals surface area contributed by atoms with Gasteiger partial charge in [-0.1, -0.05) is 0 Å². The molecule has 2 unspecified atom stereocenters. The Hall–Kier alpha value is -3.40. The van der Waals surface area contributed by atoms with Crippen LogP contribution in [-0.4, -0.2) is 134 Å². The number of hydrogen-bond acceptors (Lipinski definition) is 22. The Morgan fingerprint density at radius 3 is 2.04 bits per heavy atom. The number of nitrogens with one attached hydrogen (secondary N) is 2. The Bertz CT molecular complexity index is 2110. The zero-order valence-electron chi connectivity index (χ0n) is 26.1. The molecule has 0 amide bonds. The fourth-order valence-electron chi connectivity index (χ4n) is 5.62. The summed E-state index contributed by atoms with van der Waals surface area (Å²) < 4.78 is 67.9. The molecule has 6 rings (SSSR count). The molecule has 3 aliphatic heterocycles. The summed E-state index contributed by atoms with van der Waals surface area (Å²) in [5.41, 5.74) is 9.55. The Morgan fingerprint density at radius 2 is 1.42 bits per heavy atom. The Morgan fingerprint density at radius 1 is 0.865 bits per heavy atom. The number of imidazole rings is 1. The molecule has 6 heterocycles. The van der Waals surface area contributed by atoms with Crippen LogP contribution in [0.4, 0.5) is 23.4 Å². The van der Waals surface area contributed by atoms with Crippen molar-refractivity contribution in [3.05, 3.63) is 27.0 Å². The first-order valence-corrected chi connectivity index (χ1v) is 19.0. The van der Waals surface area contributed by atoms with Gasteiger partial charge in [-0.25, -0.2) is 18.7 Å². The molecule has 0 bridgehead atoms. The third-order valence-corrected chi connectivity index (χ3v) is 12.1. The van der Waals surface area contributed by atoms with Crippen LogP contribution < -0.4 is 32.4 Å². The van der Waals surface area contributed by atoms with Crippen molar-refractivity contribution in [2.24, 2.45) is 0 Å². The first-order chi connectivity index (χ1) is 24.2. The lowest BCUT2D eigenvalue weighted by molar-refractivity contribution is -0.0550. The number of aromatic nitrogens is 6. The van der Waals surface area contributed by atoms with Crippen LogP contribution in [0.1, 0.15) is 6.23 Å². The first kappa shape index (κ1) is 38.3. The number of rotatable bonds is 12. The van der Waals surface area contributed by atoms with Gasteiger partial charge in [0.25, 0.3) is 11.1 Å². The third-order valence-electron chi connectivity index (χ3n) is 7.83. The van der Waals surface area contributed by atoms with E-state index in [0.717, 1.165) is 10.9 Å². The van der Waals surface area contributed by atoms with Crippen LogP contribution in [0.5, 0.6) is 0 Å². The van der Waals surface area contributed by atoms with Crippen LogP contribution in [0, 0.1) is 0 Å². The molecule has 52 heavy (non-hydrogen) atoms. The zero-order valence-corrected chi connectivity index (χ0v) is 28.8. The van der Waals surface area contributed by atoms with Gasteiger partial charge in [0.2, 0.25) is 11.9 Å². The van der Waals surface area contributed by atoms with E-state index in [2.05, 4.69) is 33.5 Å². The monoisotopic (exact) mass is 804 g/mol. The molecule has 0 aromatic carbocycles. The lowest BCUT2D eigenvalue weighted by Gasteiger charge is -2.27. The Kier molecular flexibility index (Phi) is 10.2. The average molecular weight is 804 g/mol. The zero-order chi connectivity index (χ0) is 38.1. The molecule has 3 aromatic heterocycles. The van der Waals surface area contributed by atoms with Gasteiger partial charge in [-0.3, -0.25) is 33.2 Å². The van der Waals surface area contributed by atoms with Crippen LogP contribution in [-0.2, 0) is 40.8 Å². The van der Waals surface area contributed by atoms with Gasteiger partial charge < -0.3 is 65.8 Å². The highest BCUT2D eigenvalue weighted by Crippen LogP contribution is 2.68. The van der Waals surface area contributed by atoms with Crippen LogP contribution in [0.3, 0.4) is 0 Å². The molecule has 3 aromatic rings. The van der Waals surface area contributed by atoms with Crippen molar-refractivity contribution in [1.82, 2.24) is 29.5 Å². The van der Waals surface area contributed by atoms with E-state index < -0.39 is 96.9 Å². The number of fused-ring (bicyclic) bond motifs is 2. The molecule has 13 N–H and O–H groups in total. The number of ether oxygens (including phenoxy) is 2. The van der Waals surface area contributed by atoms with E-state index in [9.17, 15) is 48.6 Å². The van der Waals surface area contributed by atoms with Crippen molar-refractivity contribution in [2.45, 2.75) is 49.1 Å². The summed E-state index contributed by atoms with van der Waals surface area (Å²) in [5.74, 6) is -0.624. The normalized spacial score (nSPS) is 30.2. The van der Waals surface area contributed by atoms with E-state index in [1.165, 1.54) is 16.8 Å². The SMILES string of the molecule is CN1CN([C@@H]2O[C@H](COP(=O)(OC[C@H]3O[C@@H](n4cnc5c(=O)[nH]c(N)nc54)[C@H](O)[C@@H]3O)OP(=O)(O)OP(=O)(O)O)[C@@H](O)[C@H]2O)c2nc(N)[nH]c(=O)c21. The number of nitrogen functional groups attached to an aromatic ring is 2. The number of nitrogens with two attached hydrogens (primary N) is 2. The van der Waals surface area contributed by atoms with Crippen LogP contribution >= 0.6 is 23.5 Å². The van der Waals surface area contributed by atoms with Gasteiger partial charge in [-0.2, -0.15) is 18.6 Å². The second-order valence-corrected chi connectivity index (χ2v) is 16.1. The fourth-order valence-corrected chi connectivity index (χ4v) is 9.21. The molecule has 2 fully saturated rings. The quantitative estimate of drug-likeness (QED) is 0.0772. The summed E-state index contributed by atoms with van der Waals surface area (Å²) in [6, 6.07) is 0. The van der Waals surface area contributed by atoms with Gasteiger partial charge in [-0.15, -0.1) is 0 Å². The van der Waals surface area contributed by atoms with Crippen molar-refractivity contribution in [2.75, 3.05) is 48.2 Å². The molecule has 10 atom stereocenters. The van der Waals surface area contributed by atoms with E-state index in [1.54, 1.807) is 0 Å². The van der Waals surface area contributed by atoms with Gasteiger partial charge in [0.15, 0.2) is 29.4 Å². The minimum atomic E-state index is -6.00. The van der Waals surface area contributed by atoms with Crippen LogP contribution in [0.15, 0.2) is 15.9 Å². The predicted molar refractivity (Wildman–Crippen MR) is 168 cm³/mol. The second kappa shape index (κ2) is 13.8. The average Bonchev–Trinajstić information content (AvgIpc) is 3.73. The van der Waals surface area contributed by atoms with Gasteiger partial charge in [0.05, 0.1) is 26.2 Å². The highest BCUT2D eigenvalue weighted by molar-refractivity contribution is 7.66. The van der Waals surface area contributed by atoms with Crippen molar-refractivity contribution in [3.8, 4) is 0 Å². The lowest BCUT2D eigenvalue weighted by atomic mass is 10.1. The number of nitrogens with zero attached hydrogens (tertiary/aromatic N) is 6. The maximum absolute atomic E-state index is 13.7. The fraction of sp³-hybridized carbons (Fsp3) is 0.571. The van der Waals surface area contributed by atoms with Crippen LogP contribution in [0.2, 0.25) is 0 Å². The number of phosphoric ester groups is 1. The standard InChI is InChI=1S/C21H31N10O18P3/c1-29-5-31(15-9(29)17(37)28-21(23)26-15)19-13(35)11(33)7(47-19)3-45-52(43,49-51(41,42)48-50(38,39)40)44-2-6-10(32)12(34)18(46-6)30-4-24-8-14(30)25-20(22)27-16(8)36/h4,6-7,10-13,18-19,32-35H,2-3,5H2,1H3,(H,41,42)(H2,38,39,40)(H3,22,25,27,36)(H3,23,26,28,37)/t6-,7-,10-,11-,12-,13-,18-,19-,52?/m1/s1. The maximum atomic E-state index is 13.7. The first-order valence-electron chi connectivity index (χ1n) is 14.5. The number of hydrogen-bond donors (Lipinski definition) is 11. The molecule has 0 radical (unpaired) electrons. The summed E-state index contributed by atoms with van der Waals surface area (Å²) in [6.45, 7) is -2.27. The number of H-pyrrole nitrogens is 2. The van der Waals surface area contributed by atoms with Gasteiger partial charge in [0.1, 0.15) is 42.3 Å². The van der Waals surface area contributed by atoms with Gasteiger partial charge >= 0.3 is 23.5 Å². The molecular formula is C21H31N10O18P3. The van der Waals surface area contributed by atoms with Crippen molar-refractivity contribution >= 4 is 58.0 Å². The smallest absolute Gasteiger partial charge is 0.387 e. The summed E-state index contributed by atoms with van der Waals surface area (Å²) in [6.07, 6.45) is -12.5. The minimum absolute atomic E-state index is 0.0277. The number of aromatic amines is 2. The van der Waals surface area contributed by atoms with Gasteiger partial charge in [0, 0.05) is 7.05 Å². The summed E-state index contributed by atoms with van der Waals surface area (Å²) in [4.78, 5) is 71.7. The van der Waals surface area contributed by atoms with Crippen molar-refractivity contribution in [3.63, 3.8) is 0 Å². The van der Waals surface area contributed by atoms with Gasteiger partial charge in [-0.05, 0) is 0 Å². The van der Waals surface area contributed by atoms with Crippen LogP contribution in [0.25, 0.3) is 11.2 Å². The Labute approximate surface area is 287 Å². The molecule has 2 saturated heterocycles. The van der Waals surface area contributed by atoms with Crippen molar-refractivity contribution in [1.29, 1.82) is 0 Å². The lowest BCUT2D eigenvalue weighted by Crippen LogP contribution is -2.45. The largest absolute Gasteiger partial charge is 0.490 e. The maximum Gasteiger partial charge on any atom is 0.490 e. The molecule has 288 valence electrons. The third kappa shape index (κ3) is 7.51. The summed E-state index contributed by atoms with van der Waals surface area (Å²) in [5, 5.41) is 43.0. The summed E-state index contributed by atoms with van der Waals surface area (Å²) >= 11 is 0. The molecule has 31 heteroatoms. The number of aliphatic hydroxyl groups excluding tert-OH is 4. The minimum Gasteiger partial charge on any atom is -0.387 e. The highest BCUT2D eigenvalue weighted by atomic mass is 31.3.